The van der Waals surface area contributed by atoms with E-state index in [0.29, 0.717) is 11.5 Å². The van der Waals surface area contributed by atoms with Gasteiger partial charge in [-0.15, -0.1) is 0 Å². The topological polar surface area (TPSA) is 85.3 Å². The van der Waals surface area contributed by atoms with Crippen molar-refractivity contribution in [3.8, 4) is 11.3 Å². The smallest absolute Gasteiger partial charge is 0.248 e. The lowest BCUT2D eigenvalue weighted by molar-refractivity contribution is 0.100. The van der Waals surface area contributed by atoms with Crippen LogP contribution < -0.4 is 11.1 Å². The second kappa shape index (κ2) is 6.61. The molecule has 0 bridgehead atoms. The average Bonchev–Trinajstić information content (AvgIpc) is 3.12. The minimum Gasteiger partial charge on any atom is -0.366 e. The summed E-state index contributed by atoms with van der Waals surface area (Å²) < 4.78 is 2.74. The van der Waals surface area contributed by atoms with Crippen LogP contribution in [0.25, 0.3) is 16.8 Å². The predicted molar refractivity (Wildman–Crippen MR) is 104 cm³/mol. The van der Waals surface area contributed by atoms with E-state index in [4.69, 9.17) is 10.7 Å². The molecule has 0 saturated heterocycles. The van der Waals surface area contributed by atoms with Crippen LogP contribution in [0.15, 0.2) is 71.3 Å². The van der Waals surface area contributed by atoms with E-state index in [1.165, 1.54) is 0 Å². The van der Waals surface area contributed by atoms with Gasteiger partial charge in [0.05, 0.1) is 17.4 Å². The average molecular weight is 408 g/mol. The molecule has 0 aliphatic carbocycles. The van der Waals surface area contributed by atoms with Gasteiger partial charge in [0, 0.05) is 21.3 Å². The summed E-state index contributed by atoms with van der Waals surface area (Å²) in [5.41, 5.74) is 9.29. The molecular formula is C19H14BrN5O. The Morgan fingerprint density at radius 3 is 2.46 bits per heavy atom. The summed E-state index contributed by atoms with van der Waals surface area (Å²) in [4.78, 5) is 15.9. The number of rotatable bonds is 4. The van der Waals surface area contributed by atoms with Gasteiger partial charge in [0.1, 0.15) is 0 Å². The molecule has 0 aliphatic heterocycles. The number of fused-ring (bicyclic) bond motifs is 1. The van der Waals surface area contributed by atoms with Crippen LogP contribution in [0.5, 0.6) is 0 Å². The molecule has 3 N–H and O–H groups in total. The molecule has 4 aromatic rings. The van der Waals surface area contributed by atoms with Crippen molar-refractivity contribution in [3.05, 3.63) is 76.9 Å². The third-order valence-corrected chi connectivity index (χ3v) is 4.48. The van der Waals surface area contributed by atoms with Gasteiger partial charge < -0.3 is 11.1 Å². The summed E-state index contributed by atoms with van der Waals surface area (Å²) in [6.45, 7) is 0. The minimum absolute atomic E-state index is 0.455. The highest BCUT2D eigenvalue weighted by Crippen LogP contribution is 2.25. The van der Waals surface area contributed by atoms with Crippen molar-refractivity contribution in [2.75, 3.05) is 5.32 Å². The maximum atomic E-state index is 11.2. The molecule has 0 aliphatic rings. The molecule has 0 fully saturated rings. The van der Waals surface area contributed by atoms with Crippen LogP contribution in [0.2, 0.25) is 0 Å². The van der Waals surface area contributed by atoms with Gasteiger partial charge in [-0.3, -0.25) is 4.79 Å². The Labute approximate surface area is 157 Å². The SMILES string of the molecule is NC(=O)c1ccc(Nc2nc(-c3ccc(Br)cc3)cc3ccnn23)cc1. The van der Waals surface area contributed by atoms with Crippen LogP contribution in [0.1, 0.15) is 10.4 Å². The Bertz CT molecular complexity index is 1090. The zero-order valence-corrected chi connectivity index (χ0v) is 15.1. The lowest BCUT2D eigenvalue weighted by Crippen LogP contribution is -2.10. The summed E-state index contributed by atoms with van der Waals surface area (Å²) in [7, 11) is 0. The van der Waals surface area contributed by atoms with E-state index in [9.17, 15) is 4.79 Å². The van der Waals surface area contributed by atoms with Crippen LogP contribution in [0.3, 0.4) is 0 Å². The zero-order valence-electron chi connectivity index (χ0n) is 13.6. The molecule has 26 heavy (non-hydrogen) atoms. The fourth-order valence-electron chi connectivity index (χ4n) is 2.63. The number of primary amides is 1. The largest absolute Gasteiger partial charge is 0.366 e. The summed E-state index contributed by atoms with van der Waals surface area (Å²) in [6, 6.07) is 18.8. The fraction of sp³-hybridized carbons (Fsp3) is 0. The summed E-state index contributed by atoms with van der Waals surface area (Å²) in [5.74, 6) is 0.124. The Hall–Kier alpha value is -3.19. The van der Waals surface area contributed by atoms with E-state index in [0.717, 1.165) is 26.9 Å². The maximum absolute atomic E-state index is 11.2. The number of nitrogens with two attached hydrogens (primary N) is 1. The molecule has 7 heteroatoms. The van der Waals surface area contributed by atoms with Gasteiger partial charge in [0.25, 0.3) is 0 Å². The van der Waals surface area contributed by atoms with Crippen molar-refractivity contribution in [2.45, 2.75) is 0 Å². The fourth-order valence-corrected chi connectivity index (χ4v) is 2.89. The number of hydrogen-bond acceptors (Lipinski definition) is 4. The molecule has 2 aromatic carbocycles. The van der Waals surface area contributed by atoms with E-state index in [1.54, 1.807) is 35.0 Å². The highest BCUT2D eigenvalue weighted by atomic mass is 79.9. The Balaban J connectivity index is 1.75. The molecule has 0 unspecified atom stereocenters. The Kier molecular flexibility index (Phi) is 4.14. The number of amides is 1. The third kappa shape index (κ3) is 3.16. The minimum atomic E-state index is -0.457. The van der Waals surface area contributed by atoms with Crippen molar-refractivity contribution >= 4 is 39.0 Å². The van der Waals surface area contributed by atoms with Gasteiger partial charge in [0.15, 0.2) is 0 Å². The van der Waals surface area contributed by atoms with Gasteiger partial charge in [-0.2, -0.15) is 5.10 Å². The third-order valence-electron chi connectivity index (χ3n) is 3.95. The highest BCUT2D eigenvalue weighted by Gasteiger charge is 2.09. The molecular weight excluding hydrogens is 394 g/mol. The van der Waals surface area contributed by atoms with Gasteiger partial charge in [-0.25, -0.2) is 9.50 Å². The predicted octanol–water partition coefficient (Wildman–Crippen LogP) is 4.00. The quantitative estimate of drug-likeness (QED) is 0.535. The molecule has 2 aromatic heterocycles. The summed E-state index contributed by atoms with van der Waals surface area (Å²) >= 11 is 3.45. The monoisotopic (exact) mass is 407 g/mol. The van der Waals surface area contributed by atoms with Crippen LogP contribution in [-0.4, -0.2) is 20.5 Å². The molecule has 0 saturated carbocycles. The zero-order chi connectivity index (χ0) is 18.1. The Morgan fingerprint density at radius 2 is 1.77 bits per heavy atom. The van der Waals surface area contributed by atoms with Gasteiger partial charge in [-0.1, -0.05) is 28.1 Å². The molecule has 128 valence electrons. The number of halogens is 1. The van der Waals surface area contributed by atoms with Crippen LogP contribution in [0, 0.1) is 0 Å². The Morgan fingerprint density at radius 1 is 1.04 bits per heavy atom. The van der Waals surface area contributed by atoms with Crippen molar-refractivity contribution in [1.82, 2.24) is 14.6 Å². The second-order valence-corrected chi connectivity index (χ2v) is 6.62. The van der Waals surface area contributed by atoms with Gasteiger partial charge >= 0.3 is 0 Å². The number of nitrogens with zero attached hydrogens (tertiary/aromatic N) is 3. The maximum Gasteiger partial charge on any atom is 0.248 e. The first-order chi connectivity index (χ1) is 12.6. The van der Waals surface area contributed by atoms with Gasteiger partial charge in [-0.05, 0) is 48.5 Å². The number of carbonyl (C=O) groups excluding carboxylic acids is 1. The lowest BCUT2D eigenvalue weighted by atomic mass is 10.1. The first-order valence-corrected chi connectivity index (χ1v) is 8.67. The first kappa shape index (κ1) is 16.3. The molecule has 4 rings (SSSR count). The number of benzene rings is 2. The number of nitrogens with one attached hydrogen (secondary N) is 1. The number of anilines is 2. The normalized spacial score (nSPS) is 10.8. The molecule has 0 radical (unpaired) electrons. The first-order valence-electron chi connectivity index (χ1n) is 7.88. The lowest BCUT2D eigenvalue weighted by Gasteiger charge is -2.10. The second-order valence-electron chi connectivity index (χ2n) is 5.71. The van der Waals surface area contributed by atoms with Crippen molar-refractivity contribution in [2.24, 2.45) is 5.73 Å². The standard InChI is InChI=1S/C19H14BrN5O/c20-14-5-1-12(2-6-14)17-11-16-9-10-22-25(16)19(24-17)23-15-7-3-13(4-8-15)18(21)26/h1-11H,(H2,21,26)(H,23,24). The van der Waals surface area contributed by atoms with E-state index in [-0.39, 0.29) is 0 Å². The molecule has 2 heterocycles. The van der Waals surface area contributed by atoms with E-state index >= 15 is 0 Å². The van der Waals surface area contributed by atoms with E-state index in [1.807, 2.05) is 36.4 Å². The van der Waals surface area contributed by atoms with E-state index < -0.39 is 5.91 Å². The van der Waals surface area contributed by atoms with Crippen LogP contribution >= 0.6 is 15.9 Å². The van der Waals surface area contributed by atoms with Crippen molar-refractivity contribution < 1.29 is 4.79 Å². The molecule has 6 nitrogen and oxygen atoms in total. The molecule has 0 spiro atoms. The van der Waals surface area contributed by atoms with Gasteiger partial charge in [0.2, 0.25) is 11.9 Å². The summed E-state index contributed by atoms with van der Waals surface area (Å²) in [5, 5.41) is 7.57. The highest BCUT2D eigenvalue weighted by molar-refractivity contribution is 9.10. The summed E-state index contributed by atoms with van der Waals surface area (Å²) in [6.07, 6.45) is 1.73. The number of carbonyl (C=O) groups is 1. The van der Waals surface area contributed by atoms with E-state index in [2.05, 4.69) is 26.3 Å². The molecule has 0 atom stereocenters. The van der Waals surface area contributed by atoms with Crippen molar-refractivity contribution in [3.63, 3.8) is 0 Å². The molecule has 1 amide bonds. The van der Waals surface area contributed by atoms with Crippen LogP contribution in [-0.2, 0) is 0 Å². The van der Waals surface area contributed by atoms with Crippen LogP contribution in [0.4, 0.5) is 11.6 Å². The number of hydrogen-bond donors (Lipinski definition) is 2. The number of aromatic nitrogens is 3. The van der Waals surface area contributed by atoms with Crippen molar-refractivity contribution in [1.29, 1.82) is 0 Å².